The Morgan fingerprint density at radius 1 is 1.71 bits per heavy atom. The predicted octanol–water partition coefficient (Wildman–Crippen LogP) is 0.231. The van der Waals surface area contributed by atoms with E-state index in [0.717, 1.165) is 4.91 Å². The summed E-state index contributed by atoms with van der Waals surface area (Å²) in [6.45, 7) is 5.68. The Kier molecular flexibility index (Phi) is 5.08. The molecule has 21 heavy (non-hydrogen) atoms. The Hall–Kier alpha value is -1.31. The number of fused-ring (bicyclic) bond motifs is 1. The molecular weight excluding hydrogens is 292 g/mol. The van der Waals surface area contributed by atoms with Crippen LogP contribution in [0.15, 0.2) is 23.3 Å². The number of ether oxygens (including phenoxy) is 1. The molecule has 0 aromatic heterocycles. The standard InChI is InChI=1S/C14H20N2O4S/c1-3-5-20-14(19)12-10(21-6-4-15)7-9-11(8(2)17)13(18)16(9)12/h3,8-9,11,17H,1,4-7,15H2,2H3/t8-,9-,11-/m1/s1. The Bertz CT molecular complexity index is 489. The summed E-state index contributed by atoms with van der Waals surface area (Å²) >= 11 is 1.47. The van der Waals surface area contributed by atoms with Crippen LogP contribution in [-0.2, 0) is 14.3 Å². The fourth-order valence-electron chi connectivity index (χ4n) is 2.73. The molecule has 2 aliphatic heterocycles. The number of rotatable bonds is 7. The maximum absolute atomic E-state index is 12.2. The minimum atomic E-state index is -0.719. The molecule has 1 saturated heterocycles. The summed E-state index contributed by atoms with van der Waals surface area (Å²) in [5, 5.41) is 9.70. The van der Waals surface area contributed by atoms with Crippen molar-refractivity contribution in [1.82, 2.24) is 4.90 Å². The van der Waals surface area contributed by atoms with Crippen LogP contribution in [-0.4, -0.2) is 52.9 Å². The number of thioether (sulfide) groups is 1. The molecule has 2 rings (SSSR count). The monoisotopic (exact) mass is 312 g/mol. The number of nitrogens with zero attached hydrogens (tertiary/aromatic N) is 1. The lowest BCUT2D eigenvalue weighted by molar-refractivity contribution is -0.162. The zero-order valence-electron chi connectivity index (χ0n) is 11.9. The van der Waals surface area contributed by atoms with E-state index in [1.165, 1.54) is 22.7 Å². The first-order chi connectivity index (χ1) is 10.0. The van der Waals surface area contributed by atoms with E-state index < -0.39 is 18.0 Å². The van der Waals surface area contributed by atoms with Crippen LogP contribution in [0, 0.1) is 5.92 Å². The summed E-state index contributed by atoms with van der Waals surface area (Å²) in [6.07, 6.45) is 1.33. The average molecular weight is 312 g/mol. The van der Waals surface area contributed by atoms with Gasteiger partial charge in [0, 0.05) is 23.6 Å². The molecule has 0 bridgehead atoms. The first-order valence-corrected chi connectivity index (χ1v) is 7.86. The molecule has 0 aromatic carbocycles. The van der Waals surface area contributed by atoms with Gasteiger partial charge in [-0.2, -0.15) is 0 Å². The van der Waals surface area contributed by atoms with Gasteiger partial charge in [-0.15, -0.1) is 11.8 Å². The van der Waals surface area contributed by atoms with Crippen molar-refractivity contribution >= 4 is 23.6 Å². The molecule has 0 aromatic rings. The fraction of sp³-hybridized carbons (Fsp3) is 0.571. The zero-order valence-corrected chi connectivity index (χ0v) is 12.8. The molecule has 0 aliphatic carbocycles. The summed E-state index contributed by atoms with van der Waals surface area (Å²) in [7, 11) is 0. The fourth-order valence-corrected chi connectivity index (χ4v) is 3.71. The molecule has 1 fully saturated rings. The van der Waals surface area contributed by atoms with Crippen molar-refractivity contribution in [3.63, 3.8) is 0 Å². The summed E-state index contributed by atoms with van der Waals surface area (Å²) in [5.74, 6) is -0.511. The Morgan fingerprint density at radius 3 is 3.00 bits per heavy atom. The molecule has 1 amide bonds. The average Bonchev–Trinajstić information content (AvgIpc) is 2.76. The smallest absolute Gasteiger partial charge is 0.356 e. The van der Waals surface area contributed by atoms with Gasteiger partial charge in [-0.3, -0.25) is 4.79 Å². The van der Waals surface area contributed by atoms with Crippen molar-refractivity contribution in [2.45, 2.75) is 25.5 Å². The molecule has 116 valence electrons. The molecule has 2 aliphatic rings. The second kappa shape index (κ2) is 6.64. The predicted molar refractivity (Wildman–Crippen MR) is 80.1 cm³/mol. The highest BCUT2D eigenvalue weighted by Gasteiger charge is 2.56. The number of aliphatic hydroxyl groups excluding tert-OH is 1. The molecule has 0 radical (unpaired) electrons. The van der Waals surface area contributed by atoms with E-state index >= 15 is 0 Å². The number of amides is 1. The Morgan fingerprint density at radius 2 is 2.43 bits per heavy atom. The van der Waals surface area contributed by atoms with Crippen molar-refractivity contribution in [3.8, 4) is 0 Å². The highest BCUT2D eigenvalue weighted by Crippen LogP contribution is 2.47. The quantitative estimate of drug-likeness (QED) is 0.397. The van der Waals surface area contributed by atoms with Gasteiger partial charge in [0.15, 0.2) is 0 Å². The summed E-state index contributed by atoms with van der Waals surface area (Å²) in [6, 6.07) is -0.149. The van der Waals surface area contributed by atoms with Gasteiger partial charge in [0.25, 0.3) is 0 Å². The SMILES string of the molecule is C=CCOC(=O)C1=C(SCCN)C[C@@H]2[C@@H]([C@@H](C)O)C(=O)N12. The Balaban J connectivity index is 2.20. The summed E-state index contributed by atoms with van der Waals surface area (Å²) < 4.78 is 5.07. The summed E-state index contributed by atoms with van der Waals surface area (Å²) in [4.78, 5) is 26.6. The van der Waals surface area contributed by atoms with E-state index in [1.54, 1.807) is 6.92 Å². The lowest BCUT2D eigenvalue weighted by Crippen LogP contribution is -2.61. The third kappa shape index (κ3) is 2.86. The normalized spacial score (nSPS) is 25.5. The van der Waals surface area contributed by atoms with Crippen molar-refractivity contribution in [2.75, 3.05) is 18.9 Å². The van der Waals surface area contributed by atoms with Gasteiger partial charge in [0.1, 0.15) is 12.3 Å². The Labute approximate surface area is 128 Å². The van der Waals surface area contributed by atoms with Crippen molar-refractivity contribution < 1.29 is 19.4 Å². The first-order valence-electron chi connectivity index (χ1n) is 6.88. The van der Waals surface area contributed by atoms with Crippen LogP contribution in [0.3, 0.4) is 0 Å². The maximum atomic E-state index is 12.2. The van der Waals surface area contributed by atoms with E-state index in [2.05, 4.69) is 6.58 Å². The number of β-lactam (4-membered cyclic amide) rings is 1. The van der Waals surface area contributed by atoms with Gasteiger partial charge in [0.2, 0.25) is 5.91 Å². The topological polar surface area (TPSA) is 92.9 Å². The van der Waals surface area contributed by atoms with Gasteiger partial charge in [-0.1, -0.05) is 12.7 Å². The van der Waals surface area contributed by atoms with Crippen LogP contribution < -0.4 is 5.73 Å². The third-order valence-corrected chi connectivity index (χ3v) is 4.76. The number of hydrogen-bond donors (Lipinski definition) is 2. The zero-order chi connectivity index (χ0) is 15.6. The number of carbonyl (C=O) groups is 2. The number of aliphatic hydroxyl groups is 1. The lowest BCUT2D eigenvalue weighted by Gasteiger charge is -2.44. The molecule has 2 heterocycles. The minimum Gasteiger partial charge on any atom is -0.457 e. The number of hydrogen-bond acceptors (Lipinski definition) is 6. The lowest BCUT2D eigenvalue weighted by atomic mass is 9.83. The van der Waals surface area contributed by atoms with Crippen molar-refractivity contribution in [1.29, 1.82) is 0 Å². The molecular formula is C14H20N2O4S. The second-order valence-electron chi connectivity index (χ2n) is 5.04. The van der Waals surface area contributed by atoms with Gasteiger partial charge in [0.05, 0.1) is 18.1 Å². The molecule has 3 atom stereocenters. The third-order valence-electron chi connectivity index (χ3n) is 3.61. The molecule has 3 N–H and O–H groups in total. The highest BCUT2D eigenvalue weighted by atomic mass is 32.2. The number of nitrogens with two attached hydrogens (primary N) is 1. The van der Waals surface area contributed by atoms with Crippen LogP contribution in [0.5, 0.6) is 0 Å². The van der Waals surface area contributed by atoms with E-state index in [0.29, 0.717) is 24.4 Å². The van der Waals surface area contributed by atoms with E-state index in [4.69, 9.17) is 10.5 Å². The van der Waals surface area contributed by atoms with E-state index in [9.17, 15) is 14.7 Å². The van der Waals surface area contributed by atoms with Crippen LogP contribution >= 0.6 is 11.8 Å². The molecule has 0 spiro atoms. The first kappa shape index (κ1) is 16.1. The van der Waals surface area contributed by atoms with Crippen LogP contribution in [0.4, 0.5) is 0 Å². The van der Waals surface area contributed by atoms with Gasteiger partial charge in [-0.05, 0) is 6.92 Å². The minimum absolute atomic E-state index is 0.101. The number of carbonyl (C=O) groups excluding carboxylic acids is 2. The maximum Gasteiger partial charge on any atom is 0.356 e. The van der Waals surface area contributed by atoms with E-state index in [-0.39, 0.29) is 18.6 Å². The summed E-state index contributed by atoms with van der Waals surface area (Å²) in [5.41, 5.74) is 5.81. The van der Waals surface area contributed by atoms with Crippen LogP contribution in [0.2, 0.25) is 0 Å². The molecule has 0 saturated carbocycles. The molecule has 7 heteroatoms. The largest absolute Gasteiger partial charge is 0.457 e. The van der Waals surface area contributed by atoms with Gasteiger partial charge >= 0.3 is 5.97 Å². The molecule has 6 nitrogen and oxygen atoms in total. The van der Waals surface area contributed by atoms with Crippen molar-refractivity contribution in [3.05, 3.63) is 23.3 Å². The van der Waals surface area contributed by atoms with Gasteiger partial charge in [-0.25, -0.2) is 4.79 Å². The highest BCUT2D eigenvalue weighted by molar-refractivity contribution is 8.03. The second-order valence-corrected chi connectivity index (χ2v) is 6.23. The number of esters is 1. The molecule has 0 unspecified atom stereocenters. The van der Waals surface area contributed by atoms with E-state index in [1.807, 2.05) is 0 Å². The van der Waals surface area contributed by atoms with Crippen LogP contribution in [0.25, 0.3) is 0 Å². The van der Waals surface area contributed by atoms with Crippen molar-refractivity contribution in [2.24, 2.45) is 11.7 Å². The van der Waals surface area contributed by atoms with Crippen LogP contribution in [0.1, 0.15) is 13.3 Å². The van der Waals surface area contributed by atoms with Gasteiger partial charge < -0.3 is 20.5 Å².